The molecule has 20 heavy (non-hydrogen) atoms. The molecule has 0 amide bonds. The molecule has 2 N–H and O–H groups in total. The van der Waals surface area contributed by atoms with E-state index in [1.54, 1.807) is 13.0 Å². The van der Waals surface area contributed by atoms with Gasteiger partial charge < -0.3 is 5.11 Å². The minimum atomic E-state index is -3.60. The van der Waals surface area contributed by atoms with Gasteiger partial charge >= 0.3 is 5.97 Å². The van der Waals surface area contributed by atoms with Crippen molar-refractivity contribution in [1.29, 1.82) is 5.26 Å². The summed E-state index contributed by atoms with van der Waals surface area (Å²) in [4.78, 5) is 10.6. The van der Waals surface area contributed by atoms with Crippen molar-refractivity contribution >= 4 is 16.0 Å². The van der Waals surface area contributed by atoms with Crippen molar-refractivity contribution in [2.24, 2.45) is 11.8 Å². The summed E-state index contributed by atoms with van der Waals surface area (Å²) in [5.74, 6) is -0.403. The highest BCUT2D eigenvalue weighted by Crippen LogP contribution is 2.20. The summed E-state index contributed by atoms with van der Waals surface area (Å²) in [6, 6.07) is 1.76. The number of sulfonamides is 1. The van der Waals surface area contributed by atoms with Crippen LogP contribution < -0.4 is 4.72 Å². The number of nitriles is 1. The van der Waals surface area contributed by atoms with E-state index >= 15 is 0 Å². The minimum absolute atomic E-state index is 0.0887. The van der Waals surface area contributed by atoms with Crippen molar-refractivity contribution in [3.8, 4) is 6.07 Å². The van der Waals surface area contributed by atoms with Gasteiger partial charge in [-0.15, -0.1) is 0 Å². The van der Waals surface area contributed by atoms with Crippen molar-refractivity contribution in [1.82, 2.24) is 4.72 Å². The third-order valence-corrected chi connectivity index (χ3v) is 5.17. The highest BCUT2D eigenvalue weighted by molar-refractivity contribution is 7.90. The second kappa shape index (κ2) is 8.93. The molecule has 0 aromatic heterocycles. The van der Waals surface area contributed by atoms with Crippen LogP contribution in [0.3, 0.4) is 0 Å². The lowest BCUT2D eigenvalue weighted by molar-refractivity contribution is -0.137. The van der Waals surface area contributed by atoms with Crippen molar-refractivity contribution in [2.45, 2.75) is 51.7 Å². The van der Waals surface area contributed by atoms with Gasteiger partial charge in [-0.25, -0.2) is 13.1 Å². The number of carboxylic acids is 1. The van der Waals surface area contributed by atoms with E-state index in [-0.39, 0.29) is 31.2 Å². The topological polar surface area (TPSA) is 107 Å². The highest BCUT2D eigenvalue weighted by Gasteiger charge is 2.23. The average Bonchev–Trinajstić information content (AvgIpc) is 2.33. The summed E-state index contributed by atoms with van der Waals surface area (Å²) in [6.45, 7) is 5.87. The third kappa shape index (κ3) is 6.87. The second-order valence-electron chi connectivity index (χ2n) is 5.19. The van der Waals surface area contributed by atoms with Crippen LogP contribution in [0.2, 0.25) is 0 Å². The van der Waals surface area contributed by atoms with E-state index in [4.69, 9.17) is 10.4 Å². The maximum atomic E-state index is 11.8. The largest absolute Gasteiger partial charge is 0.481 e. The number of carbonyl (C=O) groups is 1. The number of aliphatic carboxylic acids is 1. The first-order valence-electron chi connectivity index (χ1n) is 6.84. The summed E-state index contributed by atoms with van der Waals surface area (Å²) in [5.41, 5.74) is 0. The number of nitrogens with one attached hydrogen (secondary N) is 1. The fraction of sp³-hybridized carbons (Fsp3) is 0.846. The molecular formula is C13H24N2O4S. The van der Waals surface area contributed by atoms with Gasteiger partial charge in [0.05, 0.1) is 6.07 Å². The molecule has 0 aliphatic rings. The van der Waals surface area contributed by atoms with Crippen LogP contribution in [0.15, 0.2) is 0 Å². The molecule has 0 saturated heterocycles. The molecule has 0 radical (unpaired) electrons. The van der Waals surface area contributed by atoms with Crippen LogP contribution in [0.4, 0.5) is 0 Å². The Morgan fingerprint density at radius 1 is 1.35 bits per heavy atom. The number of carboxylic acid groups (broad SMARTS) is 1. The molecule has 7 heteroatoms. The van der Waals surface area contributed by atoms with Crippen LogP contribution in [0, 0.1) is 23.2 Å². The standard InChI is InChI=1S/C13H24N2O4S/c1-4-12(9-14)20(18,19)15-8-7-11(10(2)3)5-6-13(16)17/h10-12,15H,4-8H2,1-3H3,(H,16,17). The minimum Gasteiger partial charge on any atom is -0.481 e. The Balaban J connectivity index is 4.37. The molecule has 2 atom stereocenters. The van der Waals surface area contributed by atoms with Gasteiger partial charge in [0.25, 0.3) is 0 Å². The van der Waals surface area contributed by atoms with Gasteiger partial charge in [0.1, 0.15) is 0 Å². The van der Waals surface area contributed by atoms with Crippen LogP contribution in [0.1, 0.15) is 46.5 Å². The molecule has 0 fully saturated rings. The first-order chi connectivity index (χ1) is 9.24. The zero-order valence-corrected chi connectivity index (χ0v) is 13.1. The number of hydrogen-bond acceptors (Lipinski definition) is 4. The summed E-state index contributed by atoms with van der Waals surface area (Å²) < 4.78 is 26.0. The molecule has 0 bridgehead atoms. The Morgan fingerprint density at radius 3 is 2.35 bits per heavy atom. The molecule has 0 aliphatic carbocycles. The van der Waals surface area contributed by atoms with E-state index in [0.717, 1.165) is 0 Å². The molecule has 0 aromatic carbocycles. The van der Waals surface area contributed by atoms with Crippen molar-refractivity contribution in [2.75, 3.05) is 6.54 Å². The zero-order chi connectivity index (χ0) is 15.8. The van der Waals surface area contributed by atoms with Crippen molar-refractivity contribution in [3.63, 3.8) is 0 Å². The van der Waals surface area contributed by atoms with Crippen molar-refractivity contribution < 1.29 is 18.3 Å². The molecular weight excluding hydrogens is 280 g/mol. The average molecular weight is 304 g/mol. The van der Waals surface area contributed by atoms with E-state index in [9.17, 15) is 13.2 Å². The van der Waals surface area contributed by atoms with Gasteiger partial charge in [0, 0.05) is 13.0 Å². The van der Waals surface area contributed by atoms with Gasteiger partial charge in [-0.1, -0.05) is 20.8 Å². The van der Waals surface area contributed by atoms with Gasteiger partial charge in [0.2, 0.25) is 10.0 Å². The number of hydrogen-bond donors (Lipinski definition) is 2. The van der Waals surface area contributed by atoms with Crippen LogP contribution in [0.25, 0.3) is 0 Å². The summed E-state index contributed by atoms with van der Waals surface area (Å²) in [5, 5.41) is 16.4. The summed E-state index contributed by atoms with van der Waals surface area (Å²) in [6.07, 6.45) is 1.44. The zero-order valence-electron chi connectivity index (χ0n) is 12.3. The SMILES string of the molecule is CCC(C#N)S(=O)(=O)NCCC(CCC(=O)O)C(C)C. The molecule has 0 rings (SSSR count). The smallest absolute Gasteiger partial charge is 0.303 e. The Labute approximate surface area is 121 Å². The Hall–Kier alpha value is -1.13. The fourth-order valence-corrected chi connectivity index (χ4v) is 3.17. The van der Waals surface area contributed by atoms with E-state index in [1.165, 1.54) is 0 Å². The first-order valence-corrected chi connectivity index (χ1v) is 8.39. The lowest BCUT2D eigenvalue weighted by Crippen LogP contribution is -2.34. The van der Waals surface area contributed by atoms with E-state index in [1.807, 2.05) is 13.8 Å². The Kier molecular flexibility index (Phi) is 8.42. The third-order valence-electron chi connectivity index (χ3n) is 3.38. The quantitative estimate of drug-likeness (QED) is 0.639. The molecule has 0 spiro atoms. The normalized spacial score (nSPS) is 14.8. The van der Waals surface area contributed by atoms with Crippen LogP contribution >= 0.6 is 0 Å². The molecule has 6 nitrogen and oxygen atoms in total. The fourth-order valence-electron chi connectivity index (χ4n) is 1.99. The van der Waals surface area contributed by atoms with Crippen molar-refractivity contribution in [3.05, 3.63) is 0 Å². The molecule has 0 aliphatic heterocycles. The van der Waals surface area contributed by atoms with E-state index < -0.39 is 21.2 Å². The summed E-state index contributed by atoms with van der Waals surface area (Å²) >= 11 is 0. The second-order valence-corrected chi connectivity index (χ2v) is 7.14. The monoisotopic (exact) mass is 304 g/mol. The number of nitrogens with zero attached hydrogens (tertiary/aromatic N) is 1. The van der Waals surface area contributed by atoms with Gasteiger partial charge in [0.15, 0.2) is 5.25 Å². The van der Waals surface area contributed by atoms with Gasteiger partial charge in [-0.3, -0.25) is 4.79 Å². The predicted molar refractivity (Wildman–Crippen MR) is 76.4 cm³/mol. The Morgan fingerprint density at radius 2 is 1.95 bits per heavy atom. The summed E-state index contributed by atoms with van der Waals surface area (Å²) in [7, 11) is -3.60. The Bertz CT molecular complexity index is 440. The van der Waals surface area contributed by atoms with Gasteiger partial charge in [-0.05, 0) is 31.1 Å². The van der Waals surface area contributed by atoms with Gasteiger partial charge in [-0.2, -0.15) is 5.26 Å². The maximum absolute atomic E-state index is 11.8. The van der Waals surface area contributed by atoms with Crippen LogP contribution in [0.5, 0.6) is 0 Å². The van der Waals surface area contributed by atoms with E-state index in [0.29, 0.717) is 12.8 Å². The molecule has 0 heterocycles. The first kappa shape index (κ1) is 18.9. The molecule has 0 saturated carbocycles. The molecule has 2 unspecified atom stereocenters. The van der Waals surface area contributed by atoms with Crippen LogP contribution in [-0.2, 0) is 14.8 Å². The van der Waals surface area contributed by atoms with Crippen LogP contribution in [-0.4, -0.2) is 31.3 Å². The lowest BCUT2D eigenvalue weighted by atomic mass is 9.88. The lowest BCUT2D eigenvalue weighted by Gasteiger charge is -2.20. The molecule has 0 aromatic rings. The highest BCUT2D eigenvalue weighted by atomic mass is 32.2. The number of rotatable bonds is 10. The maximum Gasteiger partial charge on any atom is 0.303 e. The van der Waals surface area contributed by atoms with E-state index in [2.05, 4.69) is 4.72 Å². The molecule has 116 valence electrons. The predicted octanol–water partition coefficient (Wildman–Crippen LogP) is 1.74.